The molecule has 1 aliphatic heterocycles. The average Bonchev–Trinajstić information content (AvgIpc) is 2.67. The van der Waals surface area contributed by atoms with Gasteiger partial charge in [0.05, 0.1) is 0 Å². The molecule has 1 heterocycles. The van der Waals surface area contributed by atoms with Crippen LogP contribution in [0.1, 0.15) is 49.9 Å². The standard InChI is InChI=1S/C26H22Si/c1-21(2)27(22(3)4)19-17-25-15-9-7-13-23(25)11-5-6-12-24-14-8-10-16-26(24)18-20-27/h7-10,13-16,21-22H,1-4H3. The van der Waals surface area contributed by atoms with Gasteiger partial charge in [-0.1, -0.05) is 75.6 Å². The van der Waals surface area contributed by atoms with Crippen LogP contribution >= 0.6 is 0 Å². The summed E-state index contributed by atoms with van der Waals surface area (Å²) >= 11 is 0. The third-order valence-corrected chi connectivity index (χ3v) is 9.66. The highest BCUT2D eigenvalue weighted by Gasteiger charge is 2.37. The van der Waals surface area contributed by atoms with E-state index in [9.17, 15) is 0 Å². The summed E-state index contributed by atoms with van der Waals surface area (Å²) < 4.78 is 0. The molecule has 2 aromatic rings. The average molecular weight is 363 g/mol. The van der Waals surface area contributed by atoms with Crippen LogP contribution in [-0.4, -0.2) is 8.07 Å². The Morgan fingerprint density at radius 1 is 0.556 bits per heavy atom. The molecule has 0 amide bonds. The van der Waals surface area contributed by atoms with Crippen LogP contribution < -0.4 is 0 Å². The highest BCUT2D eigenvalue weighted by Crippen LogP contribution is 2.31. The highest BCUT2D eigenvalue weighted by atomic mass is 28.3. The molecule has 0 aliphatic carbocycles. The number of hydrogen-bond donors (Lipinski definition) is 0. The largest absolute Gasteiger partial charge is 0.222 e. The fraction of sp³-hybridized carbons (Fsp3) is 0.231. The van der Waals surface area contributed by atoms with Crippen molar-refractivity contribution in [2.45, 2.75) is 38.8 Å². The second-order valence-electron chi connectivity index (χ2n) is 7.27. The summed E-state index contributed by atoms with van der Waals surface area (Å²) in [6.45, 7) is 9.02. The Morgan fingerprint density at radius 2 is 0.889 bits per heavy atom. The first-order valence-corrected chi connectivity index (χ1v) is 11.4. The molecule has 0 N–H and O–H groups in total. The van der Waals surface area contributed by atoms with Crippen molar-refractivity contribution in [2.75, 3.05) is 0 Å². The van der Waals surface area contributed by atoms with E-state index in [-0.39, 0.29) is 0 Å². The summed E-state index contributed by atoms with van der Waals surface area (Å²) in [5.41, 5.74) is 12.0. The maximum Gasteiger partial charge on any atom is 0.222 e. The molecule has 130 valence electrons. The van der Waals surface area contributed by atoms with E-state index < -0.39 is 8.07 Å². The second-order valence-corrected chi connectivity index (χ2v) is 11.8. The lowest BCUT2D eigenvalue weighted by Crippen LogP contribution is -2.39. The van der Waals surface area contributed by atoms with E-state index in [4.69, 9.17) is 0 Å². The zero-order valence-corrected chi connectivity index (χ0v) is 17.3. The molecule has 0 radical (unpaired) electrons. The van der Waals surface area contributed by atoms with Gasteiger partial charge in [0.25, 0.3) is 0 Å². The second kappa shape index (κ2) is 8.06. The Balaban J connectivity index is 2.33. The fourth-order valence-corrected chi connectivity index (χ4v) is 6.45. The van der Waals surface area contributed by atoms with Gasteiger partial charge in [-0.15, -0.1) is 11.1 Å². The van der Waals surface area contributed by atoms with Crippen molar-refractivity contribution in [3.8, 4) is 46.6 Å². The molecule has 0 spiro atoms. The Hall–Kier alpha value is -3.10. The molecule has 27 heavy (non-hydrogen) atoms. The number of rotatable bonds is 2. The Morgan fingerprint density at radius 3 is 1.22 bits per heavy atom. The lowest BCUT2D eigenvalue weighted by Gasteiger charge is -2.28. The first-order chi connectivity index (χ1) is 13.0. The van der Waals surface area contributed by atoms with Crippen molar-refractivity contribution in [1.82, 2.24) is 0 Å². The first-order valence-electron chi connectivity index (χ1n) is 9.29. The molecule has 3 rings (SSSR count). The predicted molar refractivity (Wildman–Crippen MR) is 116 cm³/mol. The maximum absolute atomic E-state index is 3.66. The van der Waals surface area contributed by atoms with Crippen LogP contribution in [0.2, 0.25) is 11.1 Å². The molecular formula is C26H22Si. The van der Waals surface area contributed by atoms with Crippen molar-refractivity contribution < 1.29 is 0 Å². The van der Waals surface area contributed by atoms with E-state index in [2.05, 4.69) is 74.3 Å². The molecule has 0 atom stereocenters. The van der Waals surface area contributed by atoms with Gasteiger partial charge in [-0.25, -0.2) is 0 Å². The molecular weight excluding hydrogens is 340 g/mol. The molecule has 0 saturated carbocycles. The number of hydrogen-bond acceptors (Lipinski definition) is 0. The van der Waals surface area contributed by atoms with Gasteiger partial charge >= 0.3 is 0 Å². The minimum Gasteiger partial charge on any atom is -0.110 e. The summed E-state index contributed by atoms with van der Waals surface area (Å²) in [4.78, 5) is 0. The highest BCUT2D eigenvalue weighted by molar-refractivity contribution is 6.96. The SMILES string of the molecule is CC(C)[Si]1(C(C)C)C#Cc2ccccc2C#CC#Cc2ccccc2C#C1. The smallest absolute Gasteiger partial charge is 0.110 e. The van der Waals surface area contributed by atoms with Gasteiger partial charge in [0.1, 0.15) is 0 Å². The number of fused-ring (bicyclic) bond motifs is 2. The third kappa shape index (κ3) is 4.02. The van der Waals surface area contributed by atoms with Crippen LogP contribution in [0, 0.1) is 46.6 Å². The van der Waals surface area contributed by atoms with Crippen molar-refractivity contribution in [2.24, 2.45) is 0 Å². The minimum atomic E-state index is -2.19. The van der Waals surface area contributed by atoms with Gasteiger partial charge in [-0.2, -0.15) is 0 Å². The van der Waals surface area contributed by atoms with Crippen LogP contribution in [0.15, 0.2) is 48.5 Å². The van der Waals surface area contributed by atoms with Gasteiger partial charge in [0.15, 0.2) is 0 Å². The summed E-state index contributed by atoms with van der Waals surface area (Å²) in [5.74, 6) is 19.2. The van der Waals surface area contributed by atoms with Crippen molar-refractivity contribution in [3.63, 3.8) is 0 Å². The van der Waals surface area contributed by atoms with Crippen LogP contribution in [0.4, 0.5) is 0 Å². The molecule has 0 aromatic heterocycles. The molecule has 0 unspecified atom stereocenters. The van der Waals surface area contributed by atoms with E-state index >= 15 is 0 Å². The zero-order valence-electron chi connectivity index (χ0n) is 16.3. The van der Waals surface area contributed by atoms with Crippen LogP contribution in [-0.2, 0) is 0 Å². The van der Waals surface area contributed by atoms with Crippen molar-refractivity contribution in [1.29, 1.82) is 0 Å². The number of benzene rings is 2. The van der Waals surface area contributed by atoms with Gasteiger partial charge in [-0.3, -0.25) is 0 Å². The van der Waals surface area contributed by atoms with Gasteiger partial charge in [0.2, 0.25) is 8.07 Å². The van der Waals surface area contributed by atoms with E-state index in [1.165, 1.54) is 0 Å². The van der Waals surface area contributed by atoms with E-state index in [0.29, 0.717) is 11.1 Å². The fourth-order valence-electron chi connectivity index (χ4n) is 3.22. The molecule has 2 aromatic carbocycles. The Labute approximate surface area is 164 Å². The maximum atomic E-state index is 3.66. The van der Waals surface area contributed by atoms with Crippen molar-refractivity contribution in [3.05, 3.63) is 70.8 Å². The van der Waals surface area contributed by atoms with E-state index in [0.717, 1.165) is 22.3 Å². The Bertz CT molecular complexity index is 1010. The molecule has 0 fully saturated rings. The normalized spacial score (nSPS) is 13.4. The van der Waals surface area contributed by atoms with Gasteiger partial charge in [-0.05, 0) is 47.2 Å². The zero-order chi connectivity index (χ0) is 19.3. The summed E-state index contributed by atoms with van der Waals surface area (Å²) in [6.07, 6.45) is 0. The van der Waals surface area contributed by atoms with Crippen LogP contribution in [0.3, 0.4) is 0 Å². The van der Waals surface area contributed by atoms with Gasteiger partial charge in [0, 0.05) is 22.3 Å². The quantitative estimate of drug-likeness (QED) is 0.512. The monoisotopic (exact) mass is 362 g/mol. The third-order valence-electron chi connectivity index (χ3n) is 4.94. The molecule has 0 nitrogen and oxygen atoms in total. The lowest BCUT2D eigenvalue weighted by atomic mass is 10.1. The molecule has 0 bridgehead atoms. The summed E-state index contributed by atoms with van der Waals surface area (Å²) in [5, 5.41) is 0. The first kappa shape index (κ1) is 18.7. The molecule has 1 heteroatoms. The lowest BCUT2D eigenvalue weighted by molar-refractivity contribution is 0.934. The Kier molecular flexibility index (Phi) is 5.58. The molecule has 0 saturated heterocycles. The molecule has 1 aliphatic rings. The van der Waals surface area contributed by atoms with Gasteiger partial charge < -0.3 is 0 Å². The van der Waals surface area contributed by atoms with E-state index in [1.807, 2.05) is 48.5 Å². The topological polar surface area (TPSA) is 0 Å². The van der Waals surface area contributed by atoms with Crippen LogP contribution in [0.5, 0.6) is 0 Å². The predicted octanol–water partition coefficient (Wildman–Crippen LogP) is 5.15. The van der Waals surface area contributed by atoms with Crippen molar-refractivity contribution >= 4 is 8.07 Å². The van der Waals surface area contributed by atoms with Crippen LogP contribution in [0.25, 0.3) is 0 Å². The summed E-state index contributed by atoms with van der Waals surface area (Å²) in [7, 11) is -2.19. The summed E-state index contributed by atoms with van der Waals surface area (Å²) in [6, 6.07) is 16.1. The van der Waals surface area contributed by atoms with E-state index in [1.54, 1.807) is 0 Å². The minimum absolute atomic E-state index is 0.430.